The molecule has 4 unspecified atom stereocenters. The van der Waals surface area contributed by atoms with Crippen molar-refractivity contribution in [1.82, 2.24) is 58.1 Å². The number of nitrogens with zero attached hydrogens (tertiary/aromatic N) is 12. The van der Waals surface area contributed by atoms with Crippen LogP contribution in [0.5, 0.6) is 0 Å². The van der Waals surface area contributed by atoms with E-state index in [0.717, 1.165) is 80.4 Å². The lowest BCUT2D eigenvalue weighted by molar-refractivity contribution is -0.0400. The van der Waals surface area contributed by atoms with E-state index in [0.29, 0.717) is 109 Å². The standard InChI is InChI=1S/C20H33N4O3PS.C19H31N4O3PS.C18H29N4O3PS.C15H24N5O3P/c1-5-6-7-12-29-20-23-15-13(21)8-10-22-18(15)24(20)19-17(26)16(25)14(27-19)9-11-28(2,3)4;1-5-6-11-28-19-22-14-12(20)7-9-21-17(14)23(19)18-16(25)15(24)13(26-18)8-10-27(2,3)4;1-5-10-27-18-21-13-11(19)6-8-20-16(13)22(18)17-15(24)14(23)12(25-17)7-9-26(2,3)4;1-24(2,3)7-5-9-11(21)12(22)14(23-9)20-13-10(19-15(20)17)8(16)4-6-18-13/h8,10,14,16-17,19,25-26H,2,5-7,9,11-12H2,1,3-4H3,(H2,21,22);7,9,13,15-16,18,24-25H,2,5-6,8,10-11H2,1,3-4H3,(H2,20,21);6,8,12,14-15,17,23-24H,2,5,7,9-10H2,1,3-4H3,(H2,19,20);4,6,9,11-12,14,21-22H,1,5,7H2,2-3H3,(H2,16,18)(H2,17,19)/t14-,16-,17-,19?;13-,15-,16-,18?;12-,14-,15-,17?;9-,11-,12-,14?/m1111/s1. The smallest absolute Gasteiger partial charge is 0.204 e. The predicted molar refractivity (Wildman–Crippen MR) is 454 cm³/mol. The number of nitrogen functional groups attached to an aromatic ring is 5. The van der Waals surface area contributed by atoms with E-state index in [1.807, 2.05) is 0 Å². The van der Waals surface area contributed by atoms with Gasteiger partial charge in [0.05, 0.1) is 47.2 Å². The topological polar surface area (TPSA) is 452 Å². The van der Waals surface area contributed by atoms with Crippen LogP contribution in [0.25, 0.3) is 44.7 Å². The summed E-state index contributed by atoms with van der Waals surface area (Å²) < 4.78 is 31.2. The number of ether oxygens (including phenoxy) is 4. The van der Waals surface area contributed by atoms with Gasteiger partial charge in [-0.1, -0.05) is 75.3 Å². The molecule has 0 amide bonds. The van der Waals surface area contributed by atoms with Crippen molar-refractivity contribution in [3.63, 3.8) is 0 Å². The Morgan fingerprint density at radius 2 is 0.620 bits per heavy atom. The van der Waals surface area contributed by atoms with Crippen molar-refractivity contribution in [3.05, 3.63) is 49.1 Å². The van der Waals surface area contributed by atoms with Gasteiger partial charge in [0.15, 0.2) is 63.0 Å². The quantitative estimate of drug-likeness (QED) is 0.0125. The first-order valence-corrected chi connectivity index (χ1v) is 51.9. The Labute approximate surface area is 647 Å². The van der Waals surface area contributed by atoms with E-state index in [2.05, 4.69) is 139 Å². The highest BCUT2D eigenvalue weighted by Crippen LogP contribution is 2.47. The number of imidazole rings is 4. The summed E-state index contributed by atoms with van der Waals surface area (Å²) in [7, 11) is 0. The third kappa shape index (κ3) is 21.4. The molecule has 12 heterocycles. The molecule has 8 aromatic rings. The monoisotopic (exact) mass is 1630 g/mol. The van der Waals surface area contributed by atoms with Crippen LogP contribution in [0.4, 0.5) is 28.7 Å². The van der Waals surface area contributed by atoms with Gasteiger partial charge in [-0.05, 0) is 147 Å². The summed E-state index contributed by atoms with van der Waals surface area (Å²) in [6, 6.07) is 6.76. The lowest BCUT2D eigenvalue weighted by Crippen LogP contribution is -2.32. The summed E-state index contributed by atoms with van der Waals surface area (Å²) in [5.41, 5.74) is 36.6. The molecule has 600 valence electrons. The van der Waals surface area contributed by atoms with Crippen molar-refractivity contribution in [2.45, 2.75) is 199 Å². The van der Waals surface area contributed by atoms with Gasteiger partial charge in [0.2, 0.25) is 5.95 Å². The maximum atomic E-state index is 10.8. The number of rotatable bonds is 28. The van der Waals surface area contributed by atoms with Crippen molar-refractivity contribution >= 4 is 161 Å². The fraction of sp³-hybridized carbons (Fsp3) is 0.611. The van der Waals surface area contributed by atoms with Gasteiger partial charge in [-0.2, -0.15) is 0 Å². The summed E-state index contributed by atoms with van der Waals surface area (Å²) in [6.45, 7) is 18.6. The first-order valence-electron chi connectivity index (χ1n) is 36.8. The Kier molecular flexibility index (Phi) is 30.3. The second-order valence-corrected chi connectivity index (χ2v) is 51.5. The molecule has 0 aliphatic carbocycles. The number of hydrogen-bond acceptors (Lipinski definition) is 28. The zero-order chi connectivity index (χ0) is 79.1. The molecule has 0 saturated carbocycles. The summed E-state index contributed by atoms with van der Waals surface area (Å²) in [4.78, 5) is 35.7. The normalized spacial score (nSPS) is 26.1. The van der Waals surface area contributed by atoms with Crippen LogP contribution in [0.2, 0.25) is 0 Å². The summed E-state index contributed by atoms with van der Waals surface area (Å²) in [5.74, 6) is 2.82. The molecule has 0 bridgehead atoms. The van der Waals surface area contributed by atoms with Crippen LogP contribution in [-0.2, 0) is 18.9 Å². The Morgan fingerprint density at radius 1 is 0.361 bits per heavy atom. The molecular formula is C72H117N17O12P4S3. The second-order valence-electron chi connectivity index (χ2n) is 31.0. The van der Waals surface area contributed by atoms with Gasteiger partial charge in [0, 0.05) is 42.0 Å². The molecule has 0 aromatic carbocycles. The van der Waals surface area contributed by atoms with Crippen molar-refractivity contribution in [2.75, 3.05) is 124 Å². The number of fused-ring (bicyclic) bond motifs is 4. The average Bonchev–Trinajstić information content (AvgIpc) is 1.63. The van der Waals surface area contributed by atoms with Gasteiger partial charge in [-0.15, -0.1) is 52.7 Å². The van der Waals surface area contributed by atoms with Crippen LogP contribution in [0.15, 0.2) is 64.5 Å². The van der Waals surface area contributed by atoms with E-state index in [4.69, 9.17) is 47.6 Å². The van der Waals surface area contributed by atoms with Gasteiger partial charge >= 0.3 is 0 Å². The van der Waals surface area contributed by atoms with Crippen LogP contribution in [0.1, 0.15) is 110 Å². The average molecular weight is 1630 g/mol. The molecule has 4 fully saturated rings. The van der Waals surface area contributed by atoms with E-state index >= 15 is 0 Å². The number of thioether (sulfide) groups is 3. The van der Waals surface area contributed by atoms with E-state index in [1.54, 1.807) is 98.0 Å². The van der Waals surface area contributed by atoms with Gasteiger partial charge < -0.3 is 88.5 Å². The fourth-order valence-corrected chi connectivity index (χ4v) is 19.7. The van der Waals surface area contributed by atoms with Crippen LogP contribution < -0.4 is 28.7 Å². The third-order valence-corrected chi connectivity index (χ3v) is 28.1. The number of hydrogen-bond donors (Lipinski definition) is 13. The Bertz CT molecular complexity index is 4530. The molecule has 29 nitrogen and oxygen atoms in total. The number of pyridine rings is 4. The number of aromatic nitrogens is 12. The van der Waals surface area contributed by atoms with E-state index in [9.17, 15) is 40.9 Å². The minimum absolute atomic E-state index is 0.136. The van der Waals surface area contributed by atoms with E-state index in [-0.39, 0.29) is 5.95 Å². The second kappa shape index (κ2) is 37.5. The fourth-order valence-electron chi connectivity index (χ4n) is 12.9. The van der Waals surface area contributed by atoms with Crippen LogP contribution in [0.3, 0.4) is 0 Å². The highest BCUT2D eigenvalue weighted by Gasteiger charge is 2.49. The molecule has 4 aliphatic heterocycles. The zero-order valence-electron chi connectivity index (χ0n) is 64.2. The van der Waals surface area contributed by atoms with Crippen LogP contribution in [0, 0.1) is 0 Å². The van der Waals surface area contributed by atoms with Crippen LogP contribution in [-0.4, -0.2) is 293 Å². The van der Waals surface area contributed by atoms with Crippen molar-refractivity contribution in [2.24, 2.45) is 0 Å². The molecule has 4 aliphatic rings. The molecule has 16 atom stereocenters. The number of anilines is 5. The SMILES string of the molecule is C=P(C)(C)CC[C@H]1OC(n2c(N)nc3c(N)ccnc32)[C@H](O)[C@@H]1O.C=P(C)(C)CC[C@H]1OC(n2c(SCCC)nc3c(N)ccnc32)[C@H](O)[C@@H]1O.C=P(C)(C)CC[C@H]1OC(n2c(SCCCC)nc3c(N)ccnc32)[C@H](O)[C@@H]1O.C=P(C)(C)CC[C@H]1OC(n2c(SCCCCC)nc3c(N)ccnc32)[C@H](O)[C@@H]1O. The molecule has 0 spiro atoms. The summed E-state index contributed by atoms with van der Waals surface area (Å²) >= 11 is 4.77. The van der Waals surface area contributed by atoms with Gasteiger partial charge in [0.25, 0.3) is 0 Å². The third-order valence-electron chi connectivity index (χ3n) is 19.0. The lowest BCUT2D eigenvalue weighted by Gasteiger charge is -2.20. The molecule has 12 rings (SSSR count). The van der Waals surface area contributed by atoms with E-state index in [1.165, 1.54) is 4.57 Å². The van der Waals surface area contributed by atoms with Crippen molar-refractivity contribution < 1.29 is 59.8 Å². The number of unbranched alkanes of at least 4 members (excludes halogenated alkanes) is 3. The molecule has 108 heavy (non-hydrogen) atoms. The first-order chi connectivity index (χ1) is 50.9. The molecule has 8 aromatic heterocycles. The number of nitrogens with two attached hydrogens (primary N) is 5. The number of aliphatic hydroxyl groups excluding tert-OH is 8. The summed E-state index contributed by atoms with van der Waals surface area (Å²) in [5, 5.41) is 86.9. The molecular weight excluding hydrogens is 1510 g/mol. The largest absolute Gasteiger partial charge is 0.397 e. The molecule has 4 saturated heterocycles. The Hall–Kier alpha value is -4.75. The molecule has 18 N–H and O–H groups in total. The van der Waals surface area contributed by atoms with Gasteiger partial charge in [0.1, 0.15) is 70.9 Å². The first kappa shape index (κ1) is 87.2. The predicted octanol–water partition coefficient (Wildman–Crippen LogP) is 8.19. The maximum Gasteiger partial charge on any atom is 0.204 e. The van der Waals surface area contributed by atoms with Crippen molar-refractivity contribution in [1.29, 1.82) is 0 Å². The van der Waals surface area contributed by atoms with Gasteiger partial charge in [-0.25, -0.2) is 39.9 Å². The lowest BCUT2D eigenvalue weighted by atomic mass is 10.1. The molecule has 36 heteroatoms. The van der Waals surface area contributed by atoms with Crippen molar-refractivity contribution in [3.8, 4) is 0 Å². The summed E-state index contributed by atoms with van der Waals surface area (Å²) in [6.07, 6.45) is 22.9. The van der Waals surface area contributed by atoms with E-state index < -0.39 is 126 Å². The maximum absolute atomic E-state index is 10.8. The molecule has 0 radical (unpaired) electrons. The number of aliphatic hydroxyl groups is 8. The zero-order valence-corrected chi connectivity index (χ0v) is 70.2. The minimum Gasteiger partial charge on any atom is -0.397 e. The van der Waals surface area contributed by atoms with Crippen LogP contribution >= 0.6 is 62.8 Å². The minimum atomic E-state index is -1.25. The highest BCUT2D eigenvalue weighted by atomic mass is 32.2. The van der Waals surface area contributed by atoms with Gasteiger partial charge in [-0.3, -0.25) is 18.3 Å². The Balaban J connectivity index is 0.000000166. The highest BCUT2D eigenvalue weighted by molar-refractivity contribution is 7.99. The Morgan fingerprint density at radius 3 is 0.898 bits per heavy atom.